The Morgan fingerprint density at radius 2 is 1.88 bits per heavy atom. The average molecular weight is 360 g/mol. The van der Waals surface area contributed by atoms with E-state index in [0.29, 0.717) is 39.5 Å². The van der Waals surface area contributed by atoms with Crippen LogP contribution in [0.25, 0.3) is 10.8 Å². The lowest BCUT2D eigenvalue weighted by atomic mass is 10.3. The summed E-state index contributed by atoms with van der Waals surface area (Å²) in [6.07, 6.45) is 0. The Morgan fingerprint density at radius 1 is 1.16 bits per heavy atom. The van der Waals surface area contributed by atoms with E-state index >= 15 is 0 Å². The first kappa shape index (κ1) is 16.8. The molecule has 2 amide bonds. The Labute approximate surface area is 147 Å². The van der Waals surface area contributed by atoms with E-state index in [-0.39, 0.29) is 0 Å². The molecule has 0 saturated carbocycles. The number of nitrogens with one attached hydrogen (secondary N) is 2. The fraction of sp³-hybridized carbons (Fsp3) is 0.188. The summed E-state index contributed by atoms with van der Waals surface area (Å²) in [6, 6.07) is 6.46. The Hall–Kier alpha value is -3.07. The van der Waals surface area contributed by atoms with Gasteiger partial charge in [-0.25, -0.2) is 4.79 Å². The van der Waals surface area contributed by atoms with Crippen molar-refractivity contribution in [1.29, 1.82) is 0 Å². The molecule has 0 fully saturated rings. The van der Waals surface area contributed by atoms with Crippen LogP contribution in [0.2, 0.25) is 0 Å². The van der Waals surface area contributed by atoms with Crippen LogP contribution in [0.15, 0.2) is 34.2 Å². The fourth-order valence-electron chi connectivity index (χ4n) is 2.13. The van der Waals surface area contributed by atoms with Crippen LogP contribution >= 0.6 is 11.3 Å². The summed E-state index contributed by atoms with van der Waals surface area (Å²) in [5, 5.41) is 11.1. The van der Waals surface area contributed by atoms with Crippen LogP contribution in [0.5, 0.6) is 11.5 Å². The van der Waals surface area contributed by atoms with Crippen molar-refractivity contribution in [2.24, 2.45) is 0 Å². The van der Waals surface area contributed by atoms with Crippen molar-refractivity contribution in [3.63, 3.8) is 0 Å². The van der Waals surface area contributed by atoms with E-state index in [4.69, 9.17) is 14.0 Å². The minimum absolute atomic E-state index is 0.367. The summed E-state index contributed by atoms with van der Waals surface area (Å²) in [5.41, 5.74) is 1.13. The molecule has 0 aliphatic heterocycles. The van der Waals surface area contributed by atoms with Gasteiger partial charge in [0.25, 0.3) is 5.89 Å². The largest absolute Gasteiger partial charge is 0.497 e. The second kappa shape index (κ2) is 7.22. The molecule has 25 heavy (non-hydrogen) atoms. The predicted molar refractivity (Wildman–Crippen MR) is 94.5 cm³/mol. The molecule has 0 unspecified atom stereocenters. The highest BCUT2D eigenvalue weighted by Gasteiger charge is 2.15. The van der Waals surface area contributed by atoms with Gasteiger partial charge in [0.1, 0.15) is 16.4 Å². The minimum atomic E-state index is -0.411. The molecule has 2 aromatic heterocycles. The number of aromatic nitrogens is 2. The van der Waals surface area contributed by atoms with E-state index in [1.54, 1.807) is 45.4 Å². The van der Waals surface area contributed by atoms with Crippen LogP contribution in [-0.4, -0.2) is 30.4 Å². The molecule has 3 rings (SSSR count). The highest BCUT2D eigenvalue weighted by molar-refractivity contribution is 7.14. The number of aryl methyl sites for hydroxylation is 1. The van der Waals surface area contributed by atoms with Crippen LogP contribution in [0, 0.1) is 6.92 Å². The molecule has 0 bridgehead atoms. The van der Waals surface area contributed by atoms with Crippen LogP contribution in [-0.2, 0) is 0 Å². The van der Waals surface area contributed by atoms with E-state index in [0.717, 1.165) is 0 Å². The number of hydrogen-bond acceptors (Lipinski definition) is 7. The highest BCUT2D eigenvalue weighted by atomic mass is 32.1. The molecule has 2 heterocycles. The van der Waals surface area contributed by atoms with Gasteiger partial charge in [0.2, 0.25) is 0 Å². The third-order valence-corrected chi connectivity index (χ3v) is 4.15. The molecule has 3 aromatic rings. The van der Waals surface area contributed by atoms with Crippen molar-refractivity contribution in [2.75, 3.05) is 24.9 Å². The first-order chi connectivity index (χ1) is 12.1. The van der Waals surface area contributed by atoms with E-state index in [9.17, 15) is 4.79 Å². The average Bonchev–Trinajstić information content (AvgIpc) is 3.22. The lowest BCUT2D eigenvalue weighted by Gasteiger charge is -2.10. The maximum Gasteiger partial charge on any atom is 0.323 e. The molecule has 9 heteroatoms. The zero-order valence-electron chi connectivity index (χ0n) is 13.8. The first-order valence-electron chi connectivity index (χ1n) is 7.28. The maximum absolute atomic E-state index is 12.3. The quantitative estimate of drug-likeness (QED) is 0.719. The van der Waals surface area contributed by atoms with E-state index < -0.39 is 6.03 Å². The number of ether oxygens (including phenoxy) is 2. The summed E-state index contributed by atoms with van der Waals surface area (Å²) < 4.78 is 15.5. The Morgan fingerprint density at radius 3 is 2.48 bits per heavy atom. The highest BCUT2D eigenvalue weighted by Crippen LogP contribution is 2.32. The normalized spacial score (nSPS) is 10.4. The standard InChI is InChI=1S/C16H16N4O4S/c1-9-17-15(24-20-9)14-13(4-5-25-14)19-16(21)18-10-6-11(22-2)8-12(7-10)23-3/h4-8H,1-3H3,(H2,18,19,21). The van der Waals surface area contributed by atoms with Crippen molar-refractivity contribution in [3.05, 3.63) is 35.5 Å². The van der Waals surface area contributed by atoms with Crippen molar-refractivity contribution in [1.82, 2.24) is 10.1 Å². The number of urea groups is 1. The lowest BCUT2D eigenvalue weighted by molar-refractivity contribution is 0.262. The van der Waals surface area contributed by atoms with Gasteiger partial charge in [0.05, 0.1) is 19.9 Å². The molecule has 0 aliphatic rings. The van der Waals surface area contributed by atoms with Gasteiger partial charge < -0.3 is 24.6 Å². The third-order valence-electron chi connectivity index (χ3n) is 3.24. The van der Waals surface area contributed by atoms with E-state index in [1.165, 1.54) is 11.3 Å². The SMILES string of the molecule is COc1cc(NC(=O)Nc2ccsc2-c2nc(C)no2)cc(OC)c1. The van der Waals surface area contributed by atoms with Gasteiger partial charge in [0, 0.05) is 23.9 Å². The summed E-state index contributed by atoms with van der Waals surface area (Å²) >= 11 is 1.40. The molecule has 0 aliphatic carbocycles. The summed E-state index contributed by atoms with van der Waals surface area (Å²) in [4.78, 5) is 17.2. The van der Waals surface area contributed by atoms with E-state index in [1.807, 2.05) is 5.38 Å². The van der Waals surface area contributed by atoms with Crippen LogP contribution in [0.3, 0.4) is 0 Å². The van der Waals surface area contributed by atoms with Crippen molar-refractivity contribution >= 4 is 28.7 Å². The monoisotopic (exact) mass is 360 g/mol. The zero-order chi connectivity index (χ0) is 17.8. The number of anilines is 2. The van der Waals surface area contributed by atoms with Gasteiger partial charge in [0.15, 0.2) is 5.82 Å². The number of carbonyl (C=O) groups is 1. The van der Waals surface area contributed by atoms with Gasteiger partial charge in [-0.1, -0.05) is 5.16 Å². The summed E-state index contributed by atoms with van der Waals surface area (Å²) in [6.45, 7) is 1.73. The van der Waals surface area contributed by atoms with Gasteiger partial charge in [-0.2, -0.15) is 4.98 Å². The molecule has 2 N–H and O–H groups in total. The second-order valence-corrected chi connectivity index (χ2v) is 5.91. The van der Waals surface area contributed by atoms with Gasteiger partial charge in [-0.15, -0.1) is 11.3 Å². The van der Waals surface area contributed by atoms with Gasteiger partial charge >= 0.3 is 6.03 Å². The number of benzene rings is 1. The number of hydrogen-bond donors (Lipinski definition) is 2. The molecule has 1 aromatic carbocycles. The molecule has 0 spiro atoms. The minimum Gasteiger partial charge on any atom is -0.497 e. The number of amides is 2. The molecular weight excluding hydrogens is 344 g/mol. The van der Waals surface area contributed by atoms with Gasteiger partial charge in [-0.3, -0.25) is 0 Å². The number of carbonyl (C=O) groups excluding carboxylic acids is 1. The van der Waals surface area contributed by atoms with Crippen LogP contribution in [0.4, 0.5) is 16.2 Å². The maximum atomic E-state index is 12.3. The second-order valence-electron chi connectivity index (χ2n) is 4.99. The Balaban J connectivity index is 1.75. The van der Waals surface area contributed by atoms with Crippen LogP contribution in [0.1, 0.15) is 5.82 Å². The number of nitrogens with zero attached hydrogens (tertiary/aromatic N) is 2. The summed E-state index contributed by atoms with van der Waals surface area (Å²) in [5.74, 6) is 2.05. The fourth-order valence-corrected chi connectivity index (χ4v) is 2.90. The third kappa shape index (κ3) is 3.89. The first-order valence-corrected chi connectivity index (χ1v) is 8.16. The van der Waals surface area contributed by atoms with Gasteiger partial charge in [-0.05, 0) is 18.4 Å². The number of methoxy groups -OCH3 is 2. The van der Waals surface area contributed by atoms with Crippen LogP contribution < -0.4 is 20.1 Å². The van der Waals surface area contributed by atoms with Crippen molar-refractivity contribution in [3.8, 4) is 22.3 Å². The Bertz CT molecular complexity index is 868. The smallest absolute Gasteiger partial charge is 0.323 e. The van der Waals surface area contributed by atoms with Crippen molar-refractivity contribution < 1.29 is 18.8 Å². The zero-order valence-corrected chi connectivity index (χ0v) is 14.6. The lowest BCUT2D eigenvalue weighted by Crippen LogP contribution is -2.19. The topological polar surface area (TPSA) is 98.5 Å². The van der Waals surface area contributed by atoms with E-state index in [2.05, 4.69) is 20.8 Å². The molecule has 8 nitrogen and oxygen atoms in total. The molecule has 0 radical (unpaired) electrons. The molecule has 130 valence electrons. The predicted octanol–water partition coefficient (Wildman–Crippen LogP) is 3.77. The van der Waals surface area contributed by atoms with Crippen molar-refractivity contribution in [2.45, 2.75) is 6.92 Å². The number of thiophene rings is 1. The Kier molecular flexibility index (Phi) is 4.85. The molecule has 0 atom stereocenters. The number of rotatable bonds is 5. The molecular formula is C16H16N4O4S. The molecule has 0 saturated heterocycles. The summed E-state index contributed by atoms with van der Waals surface area (Å²) in [7, 11) is 3.09.